The molecule has 0 radical (unpaired) electrons. The van der Waals surface area contributed by atoms with Gasteiger partial charge in [-0.3, -0.25) is 0 Å². The molecule has 0 saturated heterocycles. The van der Waals surface area contributed by atoms with E-state index in [0.29, 0.717) is 0 Å². The molecule has 1 aromatic carbocycles. The van der Waals surface area contributed by atoms with Crippen LogP contribution in [0.15, 0.2) is 23.6 Å². The zero-order valence-corrected chi connectivity index (χ0v) is 11.7. The number of hydrogen-bond acceptors (Lipinski definition) is 4. The maximum Gasteiger partial charge on any atom is 0.131 e. The average molecular weight is 263 g/mol. The third-order valence-corrected chi connectivity index (χ3v) is 3.61. The molecule has 2 rings (SSSR count). The molecular formula is C14H17NO2S. The average Bonchev–Trinajstić information content (AvgIpc) is 2.87. The molecule has 1 heterocycles. The van der Waals surface area contributed by atoms with Gasteiger partial charge in [0.15, 0.2) is 0 Å². The number of methoxy groups -OCH3 is 2. The lowest BCUT2D eigenvalue weighted by Crippen LogP contribution is -1.91. The molecule has 0 bridgehead atoms. The Morgan fingerprint density at radius 3 is 2.72 bits per heavy atom. The maximum atomic E-state index is 5.40. The Hall–Kier alpha value is -1.55. The fraction of sp³-hybridized carbons (Fsp3) is 0.357. The van der Waals surface area contributed by atoms with Gasteiger partial charge in [-0.25, -0.2) is 4.98 Å². The number of benzene rings is 1. The number of thiazole rings is 1. The second kappa shape index (κ2) is 5.87. The smallest absolute Gasteiger partial charge is 0.131 e. The van der Waals surface area contributed by atoms with Gasteiger partial charge in [0.25, 0.3) is 0 Å². The predicted octanol–water partition coefficient (Wildman–Crippen LogP) is 3.78. The van der Waals surface area contributed by atoms with Crippen molar-refractivity contribution in [3.63, 3.8) is 0 Å². The van der Waals surface area contributed by atoms with Crippen molar-refractivity contribution < 1.29 is 9.47 Å². The molecule has 0 saturated carbocycles. The van der Waals surface area contributed by atoms with E-state index in [4.69, 9.17) is 9.47 Å². The van der Waals surface area contributed by atoms with Crippen molar-refractivity contribution in [2.45, 2.75) is 19.8 Å². The highest BCUT2D eigenvalue weighted by Crippen LogP contribution is 2.33. The number of rotatable bonds is 5. The Morgan fingerprint density at radius 1 is 1.22 bits per heavy atom. The van der Waals surface area contributed by atoms with E-state index in [9.17, 15) is 0 Å². The van der Waals surface area contributed by atoms with Crippen LogP contribution in [0.25, 0.3) is 11.3 Å². The summed E-state index contributed by atoms with van der Waals surface area (Å²) in [6.45, 7) is 2.16. The molecule has 0 aliphatic heterocycles. The molecule has 0 aliphatic carbocycles. The summed E-state index contributed by atoms with van der Waals surface area (Å²) < 4.78 is 10.6. The zero-order valence-electron chi connectivity index (χ0n) is 10.9. The minimum atomic E-state index is 0.791. The summed E-state index contributed by atoms with van der Waals surface area (Å²) >= 11 is 1.70. The minimum absolute atomic E-state index is 0.791. The number of ether oxygens (including phenoxy) is 2. The van der Waals surface area contributed by atoms with Gasteiger partial charge in [0.2, 0.25) is 0 Å². The van der Waals surface area contributed by atoms with Crippen LogP contribution in [0, 0.1) is 0 Å². The van der Waals surface area contributed by atoms with Crippen molar-refractivity contribution in [1.82, 2.24) is 4.98 Å². The molecule has 2 aromatic rings. The van der Waals surface area contributed by atoms with Crippen LogP contribution >= 0.6 is 11.3 Å². The first kappa shape index (κ1) is 12.9. The minimum Gasteiger partial charge on any atom is -0.497 e. The lowest BCUT2D eigenvalue weighted by atomic mass is 10.1. The summed E-state index contributed by atoms with van der Waals surface area (Å²) in [5.41, 5.74) is 1.99. The molecule has 0 N–H and O–H groups in total. The fourth-order valence-corrected chi connectivity index (χ4v) is 2.67. The van der Waals surface area contributed by atoms with Gasteiger partial charge in [-0.05, 0) is 25.0 Å². The van der Waals surface area contributed by atoms with Gasteiger partial charge in [-0.15, -0.1) is 11.3 Å². The molecule has 0 amide bonds. The van der Waals surface area contributed by atoms with E-state index in [0.717, 1.165) is 35.6 Å². The Balaban J connectivity index is 2.36. The lowest BCUT2D eigenvalue weighted by molar-refractivity contribution is 0.395. The van der Waals surface area contributed by atoms with Gasteiger partial charge in [0.1, 0.15) is 11.5 Å². The van der Waals surface area contributed by atoms with Crippen molar-refractivity contribution in [1.29, 1.82) is 0 Å². The van der Waals surface area contributed by atoms with Gasteiger partial charge in [0.05, 0.1) is 24.9 Å². The second-order valence-electron chi connectivity index (χ2n) is 3.94. The molecule has 0 aliphatic rings. The Labute approximate surface area is 111 Å². The van der Waals surface area contributed by atoms with Gasteiger partial charge in [-0.2, -0.15) is 0 Å². The van der Waals surface area contributed by atoms with E-state index < -0.39 is 0 Å². The molecule has 96 valence electrons. The molecule has 18 heavy (non-hydrogen) atoms. The summed E-state index contributed by atoms with van der Waals surface area (Å²) in [6.07, 6.45) is 2.15. The molecule has 3 nitrogen and oxygen atoms in total. The molecule has 0 atom stereocenters. The Morgan fingerprint density at radius 2 is 2.06 bits per heavy atom. The van der Waals surface area contributed by atoms with Crippen LogP contribution in [0.2, 0.25) is 0 Å². The quantitative estimate of drug-likeness (QED) is 0.822. The summed E-state index contributed by atoms with van der Waals surface area (Å²) in [5, 5.41) is 3.25. The summed E-state index contributed by atoms with van der Waals surface area (Å²) in [5.74, 6) is 1.59. The first-order chi connectivity index (χ1) is 8.78. The Kier molecular flexibility index (Phi) is 4.20. The number of nitrogens with zero attached hydrogens (tertiary/aromatic N) is 1. The van der Waals surface area contributed by atoms with Crippen LogP contribution in [0.3, 0.4) is 0 Å². The second-order valence-corrected chi connectivity index (χ2v) is 4.89. The summed E-state index contributed by atoms with van der Waals surface area (Å²) in [4.78, 5) is 4.63. The van der Waals surface area contributed by atoms with Crippen molar-refractivity contribution in [3.05, 3.63) is 28.6 Å². The Bertz CT molecular complexity index is 522. The van der Waals surface area contributed by atoms with Crippen molar-refractivity contribution >= 4 is 11.3 Å². The van der Waals surface area contributed by atoms with Crippen LogP contribution in [-0.4, -0.2) is 19.2 Å². The van der Waals surface area contributed by atoms with Crippen LogP contribution in [0.1, 0.15) is 18.4 Å². The largest absolute Gasteiger partial charge is 0.497 e. The maximum absolute atomic E-state index is 5.40. The highest BCUT2D eigenvalue weighted by molar-refractivity contribution is 7.09. The highest BCUT2D eigenvalue weighted by atomic mass is 32.1. The lowest BCUT2D eigenvalue weighted by Gasteiger charge is -2.08. The van der Waals surface area contributed by atoms with E-state index in [1.165, 1.54) is 5.01 Å². The monoisotopic (exact) mass is 263 g/mol. The number of aromatic nitrogens is 1. The van der Waals surface area contributed by atoms with E-state index in [-0.39, 0.29) is 0 Å². The van der Waals surface area contributed by atoms with Crippen LogP contribution < -0.4 is 9.47 Å². The summed E-state index contributed by atoms with van der Waals surface area (Å²) in [7, 11) is 3.31. The summed E-state index contributed by atoms with van der Waals surface area (Å²) in [6, 6.07) is 5.80. The highest BCUT2D eigenvalue weighted by Gasteiger charge is 2.10. The van der Waals surface area contributed by atoms with Crippen LogP contribution in [0.5, 0.6) is 11.5 Å². The molecule has 0 unspecified atom stereocenters. The normalized spacial score (nSPS) is 10.4. The topological polar surface area (TPSA) is 31.4 Å². The molecule has 4 heteroatoms. The molecular weight excluding hydrogens is 246 g/mol. The first-order valence-electron chi connectivity index (χ1n) is 5.95. The van der Waals surface area contributed by atoms with Gasteiger partial charge >= 0.3 is 0 Å². The fourth-order valence-electron chi connectivity index (χ4n) is 1.77. The standard InChI is InChI=1S/C14H17NO2S/c1-4-5-14-15-12(9-18-14)11-7-6-10(16-2)8-13(11)17-3/h6-9H,4-5H2,1-3H3. The van der Waals surface area contributed by atoms with Crippen molar-refractivity contribution in [2.75, 3.05) is 14.2 Å². The molecule has 0 spiro atoms. The van der Waals surface area contributed by atoms with E-state index in [1.807, 2.05) is 18.2 Å². The van der Waals surface area contributed by atoms with E-state index in [2.05, 4.69) is 17.3 Å². The molecule has 1 aromatic heterocycles. The van der Waals surface area contributed by atoms with Crippen molar-refractivity contribution in [3.8, 4) is 22.8 Å². The number of aryl methyl sites for hydroxylation is 1. The van der Waals surface area contributed by atoms with Gasteiger partial charge in [-0.1, -0.05) is 6.92 Å². The third-order valence-electron chi connectivity index (χ3n) is 2.70. The van der Waals surface area contributed by atoms with Crippen LogP contribution in [-0.2, 0) is 6.42 Å². The molecule has 0 fully saturated rings. The first-order valence-corrected chi connectivity index (χ1v) is 6.83. The van der Waals surface area contributed by atoms with Gasteiger partial charge < -0.3 is 9.47 Å². The predicted molar refractivity (Wildman–Crippen MR) is 74.6 cm³/mol. The van der Waals surface area contributed by atoms with E-state index in [1.54, 1.807) is 25.6 Å². The van der Waals surface area contributed by atoms with Crippen LogP contribution in [0.4, 0.5) is 0 Å². The SMILES string of the molecule is CCCc1nc(-c2ccc(OC)cc2OC)cs1. The van der Waals surface area contributed by atoms with Gasteiger partial charge in [0, 0.05) is 17.0 Å². The van der Waals surface area contributed by atoms with E-state index >= 15 is 0 Å². The zero-order chi connectivity index (χ0) is 13.0. The number of hydrogen-bond donors (Lipinski definition) is 0. The van der Waals surface area contributed by atoms with Crippen molar-refractivity contribution in [2.24, 2.45) is 0 Å². The third kappa shape index (κ3) is 2.64.